The van der Waals surface area contributed by atoms with Gasteiger partial charge in [0.2, 0.25) is 0 Å². The second-order valence-electron chi connectivity index (χ2n) is 4.13. The van der Waals surface area contributed by atoms with Gasteiger partial charge in [-0.05, 0) is 18.2 Å². The zero-order valence-corrected chi connectivity index (χ0v) is 9.91. The molecule has 1 aliphatic rings. The maximum Gasteiger partial charge on any atom is 0.416 e. The lowest BCUT2D eigenvalue weighted by atomic mass is 10.1. The minimum atomic E-state index is -4.49. The third-order valence-electron chi connectivity index (χ3n) is 2.91. The molecule has 1 aromatic carbocycles. The highest BCUT2D eigenvalue weighted by Gasteiger charge is 2.32. The number of ether oxygens (including phenoxy) is 1. The quantitative estimate of drug-likeness (QED) is 0.899. The van der Waals surface area contributed by atoms with Crippen molar-refractivity contribution in [3.8, 4) is 0 Å². The number of benzene rings is 1. The Balaban J connectivity index is 2.44. The van der Waals surface area contributed by atoms with Gasteiger partial charge in [0, 0.05) is 13.1 Å². The average molecular weight is 275 g/mol. The molecule has 1 fully saturated rings. The van der Waals surface area contributed by atoms with E-state index in [0.29, 0.717) is 26.3 Å². The van der Waals surface area contributed by atoms with Crippen LogP contribution < -0.4 is 4.90 Å². The van der Waals surface area contributed by atoms with E-state index in [0.717, 1.165) is 18.2 Å². The highest BCUT2D eigenvalue weighted by molar-refractivity contribution is 5.94. The molecule has 1 aliphatic heterocycles. The van der Waals surface area contributed by atoms with Crippen LogP contribution in [0, 0.1) is 0 Å². The summed E-state index contributed by atoms with van der Waals surface area (Å²) in [7, 11) is 0. The zero-order valence-electron chi connectivity index (χ0n) is 9.91. The van der Waals surface area contributed by atoms with Crippen molar-refractivity contribution < 1.29 is 27.8 Å². The van der Waals surface area contributed by atoms with Crippen molar-refractivity contribution in [1.82, 2.24) is 0 Å². The minimum Gasteiger partial charge on any atom is -0.478 e. The number of alkyl halides is 3. The van der Waals surface area contributed by atoms with Crippen molar-refractivity contribution in [2.24, 2.45) is 0 Å². The van der Waals surface area contributed by atoms with Crippen LogP contribution in [0.5, 0.6) is 0 Å². The van der Waals surface area contributed by atoms with Gasteiger partial charge in [0.25, 0.3) is 0 Å². The predicted molar refractivity (Wildman–Crippen MR) is 61.4 cm³/mol. The molecule has 0 amide bonds. The first-order chi connectivity index (χ1) is 8.89. The maximum atomic E-state index is 12.7. The van der Waals surface area contributed by atoms with Gasteiger partial charge >= 0.3 is 12.1 Å². The number of carboxylic acid groups (broad SMARTS) is 1. The molecule has 0 bridgehead atoms. The summed E-state index contributed by atoms with van der Waals surface area (Å²) in [6, 6.07) is 2.66. The van der Waals surface area contributed by atoms with Crippen LogP contribution in [0.1, 0.15) is 15.9 Å². The number of anilines is 1. The van der Waals surface area contributed by atoms with Gasteiger partial charge < -0.3 is 14.7 Å². The summed E-state index contributed by atoms with van der Waals surface area (Å²) in [5.41, 5.74) is -0.889. The van der Waals surface area contributed by atoms with Gasteiger partial charge in [-0.15, -0.1) is 0 Å². The number of hydrogen-bond donors (Lipinski definition) is 1. The number of rotatable bonds is 2. The molecule has 0 atom stereocenters. The lowest BCUT2D eigenvalue weighted by molar-refractivity contribution is -0.137. The topological polar surface area (TPSA) is 49.8 Å². The van der Waals surface area contributed by atoms with E-state index in [2.05, 4.69) is 0 Å². The van der Waals surface area contributed by atoms with Gasteiger partial charge in [-0.3, -0.25) is 0 Å². The molecule has 2 rings (SSSR count). The number of hydrogen-bond acceptors (Lipinski definition) is 3. The van der Waals surface area contributed by atoms with Crippen LogP contribution in [0.15, 0.2) is 18.2 Å². The molecule has 1 saturated heterocycles. The summed E-state index contributed by atoms with van der Waals surface area (Å²) in [5, 5.41) is 9.05. The van der Waals surface area contributed by atoms with Crippen molar-refractivity contribution in [2.75, 3.05) is 31.2 Å². The predicted octanol–water partition coefficient (Wildman–Crippen LogP) is 2.24. The van der Waals surface area contributed by atoms with Crippen molar-refractivity contribution in [1.29, 1.82) is 0 Å². The number of carbonyl (C=O) groups is 1. The number of halogens is 3. The van der Waals surface area contributed by atoms with E-state index in [4.69, 9.17) is 9.84 Å². The Labute approximate surface area is 107 Å². The van der Waals surface area contributed by atoms with Crippen LogP contribution in [0.3, 0.4) is 0 Å². The van der Waals surface area contributed by atoms with E-state index in [1.54, 1.807) is 4.90 Å². The van der Waals surface area contributed by atoms with Gasteiger partial charge in [-0.2, -0.15) is 13.2 Å². The van der Waals surface area contributed by atoms with E-state index in [1.165, 1.54) is 0 Å². The van der Waals surface area contributed by atoms with Crippen LogP contribution in [0.4, 0.5) is 18.9 Å². The van der Waals surface area contributed by atoms with Crippen LogP contribution in [-0.4, -0.2) is 37.4 Å². The van der Waals surface area contributed by atoms with Gasteiger partial charge in [-0.25, -0.2) is 4.79 Å². The maximum absolute atomic E-state index is 12.7. The van der Waals surface area contributed by atoms with Crippen molar-refractivity contribution in [2.45, 2.75) is 6.18 Å². The van der Waals surface area contributed by atoms with E-state index in [1.807, 2.05) is 0 Å². The molecule has 0 aromatic heterocycles. The standard InChI is InChI=1S/C12H12F3NO3/c13-12(14,15)8-1-2-9(11(17)18)10(7-8)16-3-5-19-6-4-16/h1-2,7H,3-6H2,(H,17,18). The lowest BCUT2D eigenvalue weighted by Crippen LogP contribution is -2.37. The Bertz CT molecular complexity index is 482. The first-order valence-corrected chi connectivity index (χ1v) is 5.67. The molecule has 7 heteroatoms. The van der Waals surface area contributed by atoms with E-state index >= 15 is 0 Å². The molecule has 0 unspecified atom stereocenters. The van der Waals surface area contributed by atoms with Gasteiger partial charge in [0.05, 0.1) is 30.0 Å². The normalized spacial score (nSPS) is 16.5. The Kier molecular flexibility index (Phi) is 3.66. The molecular formula is C12H12F3NO3. The fraction of sp³-hybridized carbons (Fsp3) is 0.417. The summed E-state index contributed by atoms with van der Waals surface area (Å²) in [4.78, 5) is 12.7. The summed E-state index contributed by atoms with van der Waals surface area (Å²) in [6.45, 7) is 1.49. The van der Waals surface area contributed by atoms with Crippen LogP contribution in [-0.2, 0) is 10.9 Å². The average Bonchev–Trinajstić information content (AvgIpc) is 2.38. The van der Waals surface area contributed by atoms with Crippen molar-refractivity contribution in [3.05, 3.63) is 29.3 Å². The fourth-order valence-electron chi connectivity index (χ4n) is 1.95. The summed E-state index contributed by atoms with van der Waals surface area (Å²) in [6.07, 6.45) is -4.49. The molecule has 1 heterocycles. The summed E-state index contributed by atoms with van der Waals surface area (Å²) < 4.78 is 43.1. The fourth-order valence-corrected chi connectivity index (χ4v) is 1.95. The monoisotopic (exact) mass is 275 g/mol. The first-order valence-electron chi connectivity index (χ1n) is 5.67. The third-order valence-corrected chi connectivity index (χ3v) is 2.91. The van der Waals surface area contributed by atoms with Crippen molar-refractivity contribution in [3.63, 3.8) is 0 Å². The van der Waals surface area contributed by atoms with Crippen LogP contribution in [0.25, 0.3) is 0 Å². The minimum absolute atomic E-state index is 0.0885. The second kappa shape index (κ2) is 5.08. The Morgan fingerprint density at radius 3 is 2.42 bits per heavy atom. The molecule has 0 saturated carbocycles. The molecule has 19 heavy (non-hydrogen) atoms. The number of nitrogens with zero attached hydrogens (tertiary/aromatic N) is 1. The molecule has 1 aromatic rings. The molecule has 0 aliphatic carbocycles. The van der Waals surface area contributed by atoms with Gasteiger partial charge in [0.1, 0.15) is 0 Å². The largest absolute Gasteiger partial charge is 0.478 e. The molecule has 4 nitrogen and oxygen atoms in total. The molecule has 0 radical (unpaired) electrons. The van der Waals surface area contributed by atoms with Crippen molar-refractivity contribution >= 4 is 11.7 Å². The molecule has 1 N–H and O–H groups in total. The second-order valence-corrected chi connectivity index (χ2v) is 4.13. The SMILES string of the molecule is O=C(O)c1ccc(C(F)(F)F)cc1N1CCOCC1. The zero-order chi connectivity index (χ0) is 14.0. The van der Waals surface area contributed by atoms with Crippen LogP contribution >= 0.6 is 0 Å². The first kappa shape index (κ1) is 13.7. The number of carboxylic acids is 1. The summed E-state index contributed by atoms with van der Waals surface area (Å²) >= 11 is 0. The van der Waals surface area contributed by atoms with E-state index in [9.17, 15) is 18.0 Å². The van der Waals surface area contributed by atoms with E-state index < -0.39 is 17.7 Å². The van der Waals surface area contributed by atoms with E-state index in [-0.39, 0.29) is 11.3 Å². The van der Waals surface area contributed by atoms with Crippen LogP contribution in [0.2, 0.25) is 0 Å². The van der Waals surface area contributed by atoms with Gasteiger partial charge in [0.15, 0.2) is 0 Å². The Hall–Kier alpha value is -1.76. The summed E-state index contributed by atoms with van der Waals surface area (Å²) in [5.74, 6) is -1.24. The smallest absolute Gasteiger partial charge is 0.416 e. The molecule has 0 spiro atoms. The Morgan fingerprint density at radius 1 is 1.26 bits per heavy atom. The number of aromatic carboxylic acids is 1. The number of morpholine rings is 1. The molecular weight excluding hydrogens is 263 g/mol. The Morgan fingerprint density at radius 2 is 1.89 bits per heavy atom. The van der Waals surface area contributed by atoms with Gasteiger partial charge in [-0.1, -0.05) is 0 Å². The molecule has 104 valence electrons. The highest BCUT2D eigenvalue weighted by atomic mass is 19.4. The highest BCUT2D eigenvalue weighted by Crippen LogP contribution is 2.33. The third kappa shape index (κ3) is 2.98. The lowest BCUT2D eigenvalue weighted by Gasteiger charge is -2.30.